The average molecular weight is 271 g/mol. The molecule has 4 rings (SSSR count). The molecule has 1 heterocycles. The third kappa shape index (κ3) is 2.44. The number of rotatable bonds is 5. The molecule has 2 aliphatic rings. The molecule has 19 heavy (non-hydrogen) atoms. The van der Waals surface area contributed by atoms with Crippen molar-refractivity contribution >= 4 is 21.4 Å². The Labute approximate surface area is 119 Å². The number of thiophene rings is 1. The van der Waals surface area contributed by atoms with Gasteiger partial charge >= 0.3 is 0 Å². The monoisotopic (exact) mass is 271 g/mol. The van der Waals surface area contributed by atoms with Gasteiger partial charge in [0.1, 0.15) is 0 Å². The molecule has 2 heteroatoms. The minimum atomic E-state index is 0.503. The van der Waals surface area contributed by atoms with E-state index < -0.39 is 0 Å². The molecule has 2 saturated carbocycles. The summed E-state index contributed by atoms with van der Waals surface area (Å²) in [4.78, 5) is 1.49. The lowest BCUT2D eigenvalue weighted by Gasteiger charge is -2.22. The Morgan fingerprint density at radius 1 is 1.11 bits per heavy atom. The second-order valence-electron chi connectivity index (χ2n) is 6.28. The van der Waals surface area contributed by atoms with Crippen molar-refractivity contribution in [3.8, 4) is 0 Å². The van der Waals surface area contributed by atoms with Gasteiger partial charge in [0.2, 0.25) is 0 Å². The van der Waals surface area contributed by atoms with Gasteiger partial charge in [0.15, 0.2) is 0 Å². The van der Waals surface area contributed by atoms with Crippen LogP contribution in [-0.2, 0) is 0 Å². The molecule has 0 saturated heterocycles. The van der Waals surface area contributed by atoms with E-state index in [-0.39, 0.29) is 0 Å². The number of benzene rings is 1. The quantitative estimate of drug-likeness (QED) is 0.828. The van der Waals surface area contributed by atoms with E-state index in [0.29, 0.717) is 6.04 Å². The van der Waals surface area contributed by atoms with Crippen LogP contribution < -0.4 is 5.32 Å². The molecule has 1 atom stereocenters. The van der Waals surface area contributed by atoms with Crippen molar-refractivity contribution < 1.29 is 0 Å². The van der Waals surface area contributed by atoms with Crippen molar-refractivity contribution in [2.75, 3.05) is 0 Å². The second kappa shape index (κ2) is 4.60. The van der Waals surface area contributed by atoms with E-state index in [0.717, 1.165) is 17.9 Å². The van der Waals surface area contributed by atoms with E-state index in [4.69, 9.17) is 0 Å². The Hall–Kier alpha value is -0.860. The van der Waals surface area contributed by atoms with E-state index >= 15 is 0 Å². The normalized spacial score (nSPS) is 21.2. The van der Waals surface area contributed by atoms with Gasteiger partial charge in [-0.05, 0) is 62.0 Å². The average Bonchev–Trinajstić information content (AvgIpc) is 3.32. The van der Waals surface area contributed by atoms with E-state index in [1.807, 2.05) is 11.3 Å². The molecule has 2 aliphatic carbocycles. The van der Waals surface area contributed by atoms with Gasteiger partial charge in [0.25, 0.3) is 0 Å². The highest BCUT2D eigenvalue weighted by atomic mass is 32.1. The van der Waals surface area contributed by atoms with Gasteiger partial charge in [-0.15, -0.1) is 11.3 Å². The van der Waals surface area contributed by atoms with Crippen LogP contribution in [0.5, 0.6) is 0 Å². The van der Waals surface area contributed by atoms with Crippen molar-refractivity contribution in [3.05, 3.63) is 35.2 Å². The summed E-state index contributed by atoms with van der Waals surface area (Å²) < 4.78 is 1.42. The first kappa shape index (κ1) is 11.9. The lowest BCUT2D eigenvalue weighted by molar-refractivity contribution is 0.380. The standard InChI is InChI=1S/C17H21NS/c1-11(18-17(12-6-7-12)13-8-9-13)16-10-14-4-2-3-5-15(14)19-16/h2-5,10-13,17-18H,6-9H2,1H3. The summed E-state index contributed by atoms with van der Waals surface area (Å²) in [6, 6.07) is 12.4. The summed E-state index contributed by atoms with van der Waals surface area (Å²) in [6.07, 6.45) is 5.81. The first-order valence-electron chi connectivity index (χ1n) is 7.56. The highest BCUT2D eigenvalue weighted by Gasteiger charge is 2.41. The maximum Gasteiger partial charge on any atom is 0.0388 e. The Morgan fingerprint density at radius 2 is 1.79 bits per heavy atom. The van der Waals surface area contributed by atoms with Crippen LogP contribution in [0.2, 0.25) is 0 Å². The van der Waals surface area contributed by atoms with Crippen LogP contribution in [0, 0.1) is 11.8 Å². The maximum atomic E-state index is 3.93. The lowest BCUT2D eigenvalue weighted by Crippen LogP contribution is -2.34. The van der Waals surface area contributed by atoms with Crippen LogP contribution in [0.25, 0.3) is 10.1 Å². The van der Waals surface area contributed by atoms with Gasteiger partial charge in [-0.3, -0.25) is 0 Å². The molecular weight excluding hydrogens is 250 g/mol. The summed E-state index contributed by atoms with van der Waals surface area (Å²) in [5, 5.41) is 5.32. The highest BCUT2D eigenvalue weighted by molar-refractivity contribution is 7.19. The second-order valence-corrected chi connectivity index (χ2v) is 7.39. The Bertz CT molecular complexity index is 535. The van der Waals surface area contributed by atoms with Crippen LogP contribution in [0.15, 0.2) is 30.3 Å². The summed E-state index contributed by atoms with van der Waals surface area (Å²) in [5.41, 5.74) is 0. The first-order valence-corrected chi connectivity index (χ1v) is 8.37. The number of hydrogen-bond acceptors (Lipinski definition) is 2. The molecule has 0 aliphatic heterocycles. The molecule has 0 amide bonds. The molecule has 2 aromatic rings. The van der Waals surface area contributed by atoms with E-state index in [1.54, 1.807) is 0 Å². The van der Waals surface area contributed by atoms with Crippen LogP contribution in [0.4, 0.5) is 0 Å². The zero-order chi connectivity index (χ0) is 12.8. The van der Waals surface area contributed by atoms with E-state index in [1.165, 1.54) is 40.6 Å². The zero-order valence-electron chi connectivity index (χ0n) is 11.4. The van der Waals surface area contributed by atoms with Gasteiger partial charge in [-0.2, -0.15) is 0 Å². The first-order chi connectivity index (χ1) is 9.31. The van der Waals surface area contributed by atoms with Crippen molar-refractivity contribution in [1.82, 2.24) is 5.32 Å². The Balaban J connectivity index is 1.53. The molecular formula is C17H21NS. The van der Waals surface area contributed by atoms with Gasteiger partial charge < -0.3 is 5.32 Å². The van der Waals surface area contributed by atoms with Crippen molar-refractivity contribution in [2.24, 2.45) is 11.8 Å². The van der Waals surface area contributed by atoms with Gasteiger partial charge in [0.05, 0.1) is 0 Å². The van der Waals surface area contributed by atoms with Gasteiger partial charge in [-0.25, -0.2) is 0 Å². The van der Waals surface area contributed by atoms with Gasteiger partial charge in [-0.1, -0.05) is 18.2 Å². The minimum Gasteiger partial charge on any atom is -0.306 e. The fourth-order valence-corrected chi connectivity index (χ4v) is 4.23. The molecule has 2 fully saturated rings. The summed E-state index contributed by atoms with van der Waals surface area (Å²) in [6.45, 7) is 2.34. The molecule has 0 radical (unpaired) electrons. The summed E-state index contributed by atoms with van der Waals surface area (Å²) in [7, 11) is 0. The third-order valence-corrected chi connectivity index (χ3v) is 5.87. The minimum absolute atomic E-state index is 0.503. The smallest absolute Gasteiger partial charge is 0.0388 e. The Kier molecular flexibility index (Phi) is 2.89. The highest BCUT2D eigenvalue weighted by Crippen LogP contribution is 2.45. The SMILES string of the molecule is CC(NC(C1CC1)C1CC1)c1cc2ccccc2s1. The van der Waals surface area contributed by atoms with Crippen LogP contribution in [-0.4, -0.2) is 6.04 Å². The number of nitrogens with one attached hydrogen (secondary N) is 1. The molecule has 1 N–H and O–H groups in total. The summed E-state index contributed by atoms with van der Waals surface area (Å²) in [5.74, 6) is 1.95. The summed E-state index contributed by atoms with van der Waals surface area (Å²) >= 11 is 1.95. The van der Waals surface area contributed by atoms with E-state index in [2.05, 4.69) is 42.6 Å². The van der Waals surface area contributed by atoms with Gasteiger partial charge in [0, 0.05) is 21.7 Å². The molecule has 1 nitrogen and oxygen atoms in total. The number of hydrogen-bond donors (Lipinski definition) is 1. The Morgan fingerprint density at radius 3 is 2.42 bits per heavy atom. The predicted octanol–water partition coefficient (Wildman–Crippen LogP) is 4.74. The van der Waals surface area contributed by atoms with Crippen molar-refractivity contribution in [1.29, 1.82) is 0 Å². The fourth-order valence-electron chi connectivity index (χ4n) is 3.15. The van der Waals surface area contributed by atoms with Crippen molar-refractivity contribution in [2.45, 2.75) is 44.7 Å². The van der Waals surface area contributed by atoms with Crippen LogP contribution in [0.3, 0.4) is 0 Å². The number of fused-ring (bicyclic) bond motifs is 1. The molecule has 0 spiro atoms. The van der Waals surface area contributed by atoms with Crippen molar-refractivity contribution in [3.63, 3.8) is 0 Å². The van der Waals surface area contributed by atoms with Crippen LogP contribution in [0.1, 0.15) is 43.5 Å². The van der Waals surface area contributed by atoms with E-state index in [9.17, 15) is 0 Å². The molecule has 1 aromatic carbocycles. The molecule has 1 unspecified atom stereocenters. The molecule has 1 aromatic heterocycles. The molecule has 100 valence electrons. The largest absolute Gasteiger partial charge is 0.306 e. The fraction of sp³-hybridized carbons (Fsp3) is 0.529. The maximum absolute atomic E-state index is 3.93. The van der Waals surface area contributed by atoms with Crippen LogP contribution >= 0.6 is 11.3 Å². The zero-order valence-corrected chi connectivity index (χ0v) is 12.2. The lowest BCUT2D eigenvalue weighted by atomic mass is 10.1. The third-order valence-electron chi connectivity index (χ3n) is 4.57. The topological polar surface area (TPSA) is 12.0 Å². The molecule has 0 bridgehead atoms. The predicted molar refractivity (Wildman–Crippen MR) is 82.6 cm³/mol.